The predicted octanol–water partition coefficient (Wildman–Crippen LogP) is 1.69. The second-order valence-electron chi connectivity index (χ2n) is 4.75. The van der Waals surface area contributed by atoms with Gasteiger partial charge >= 0.3 is 5.97 Å². The lowest BCUT2D eigenvalue weighted by Gasteiger charge is -2.13. The van der Waals surface area contributed by atoms with Gasteiger partial charge < -0.3 is 9.94 Å². The maximum absolute atomic E-state index is 12.1. The number of fused-ring (bicyclic) bond motifs is 1. The van der Waals surface area contributed by atoms with E-state index < -0.39 is 17.6 Å². The Morgan fingerprint density at radius 1 is 0.955 bits per heavy atom. The van der Waals surface area contributed by atoms with E-state index in [1.807, 2.05) is 6.07 Å². The number of pyridine rings is 1. The maximum atomic E-state index is 12.1. The van der Waals surface area contributed by atoms with Crippen LogP contribution in [0.3, 0.4) is 0 Å². The standard InChI is InChI=1S/C17H13NO4/c19-15-11-10-12-6-4-5-9-14(12)18(15)22-17(21)16(20)13-7-2-1-3-8-13/h1-11,16,20H/t16-/m1/s1. The maximum Gasteiger partial charge on any atom is 0.365 e. The zero-order valence-corrected chi connectivity index (χ0v) is 11.5. The van der Waals surface area contributed by atoms with Crippen LogP contribution in [-0.4, -0.2) is 15.8 Å². The molecule has 0 amide bonds. The van der Waals surface area contributed by atoms with Crippen LogP contribution in [0.5, 0.6) is 0 Å². The number of aliphatic hydroxyl groups is 1. The van der Waals surface area contributed by atoms with Crippen LogP contribution < -0.4 is 10.4 Å². The average Bonchev–Trinajstić information content (AvgIpc) is 2.57. The van der Waals surface area contributed by atoms with Crippen LogP contribution in [0, 0.1) is 0 Å². The summed E-state index contributed by atoms with van der Waals surface area (Å²) < 4.78 is 0.893. The fourth-order valence-corrected chi connectivity index (χ4v) is 2.17. The summed E-state index contributed by atoms with van der Waals surface area (Å²) in [4.78, 5) is 29.1. The number of aliphatic hydroxyl groups excluding tert-OH is 1. The summed E-state index contributed by atoms with van der Waals surface area (Å²) in [6.07, 6.45) is -1.45. The van der Waals surface area contributed by atoms with E-state index >= 15 is 0 Å². The van der Waals surface area contributed by atoms with Gasteiger partial charge in [0, 0.05) is 11.5 Å². The Morgan fingerprint density at radius 2 is 1.64 bits per heavy atom. The molecule has 0 aliphatic rings. The molecule has 0 aliphatic heterocycles. The third-order valence-corrected chi connectivity index (χ3v) is 3.28. The van der Waals surface area contributed by atoms with Crippen molar-refractivity contribution in [2.45, 2.75) is 6.10 Å². The van der Waals surface area contributed by atoms with Crippen LogP contribution in [0.25, 0.3) is 10.9 Å². The van der Waals surface area contributed by atoms with Crippen LogP contribution in [0.1, 0.15) is 11.7 Å². The summed E-state index contributed by atoms with van der Waals surface area (Å²) in [6, 6.07) is 18.4. The molecule has 0 saturated carbocycles. The second kappa shape index (κ2) is 5.83. The molecule has 3 aromatic rings. The number of aromatic nitrogens is 1. The van der Waals surface area contributed by atoms with Crippen molar-refractivity contribution < 1.29 is 14.7 Å². The summed E-state index contributed by atoms with van der Waals surface area (Å²) in [6.45, 7) is 0. The largest absolute Gasteiger partial charge is 0.377 e. The van der Waals surface area contributed by atoms with E-state index in [2.05, 4.69) is 0 Å². The first-order valence-electron chi connectivity index (χ1n) is 6.73. The van der Waals surface area contributed by atoms with Crippen molar-refractivity contribution in [3.63, 3.8) is 0 Å². The first kappa shape index (κ1) is 14.0. The highest BCUT2D eigenvalue weighted by Crippen LogP contribution is 2.14. The van der Waals surface area contributed by atoms with Gasteiger partial charge in [-0.25, -0.2) is 4.79 Å². The van der Waals surface area contributed by atoms with Gasteiger partial charge in [0.05, 0.1) is 5.52 Å². The summed E-state index contributed by atoms with van der Waals surface area (Å²) >= 11 is 0. The molecule has 110 valence electrons. The molecule has 1 N–H and O–H groups in total. The van der Waals surface area contributed by atoms with Gasteiger partial charge in [-0.15, -0.1) is 4.73 Å². The van der Waals surface area contributed by atoms with E-state index in [1.165, 1.54) is 6.07 Å². The van der Waals surface area contributed by atoms with Gasteiger partial charge in [-0.2, -0.15) is 0 Å². The van der Waals surface area contributed by atoms with Gasteiger partial charge in [-0.05, 0) is 17.7 Å². The lowest BCUT2D eigenvalue weighted by atomic mass is 10.1. The third-order valence-electron chi connectivity index (χ3n) is 3.28. The van der Waals surface area contributed by atoms with Crippen LogP contribution >= 0.6 is 0 Å². The van der Waals surface area contributed by atoms with E-state index in [9.17, 15) is 14.7 Å². The highest BCUT2D eigenvalue weighted by atomic mass is 16.7. The molecule has 0 saturated heterocycles. The van der Waals surface area contributed by atoms with Gasteiger partial charge in [0.15, 0.2) is 6.10 Å². The smallest absolute Gasteiger partial charge is 0.365 e. The number of nitrogens with zero attached hydrogens (tertiary/aromatic N) is 1. The van der Waals surface area contributed by atoms with Gasteiger partial charge in [-0.1, -0.05) is 48.5 Å². The molecule has 0 radical (unpaired) electrons. The van der Waals surface area contributed by atoms with Crippen molar-refractivity contribution in [1.82, 2.24) is 4.73 Å². The van der Waals surface area contributed by atoms with E-state index in [4.69, 9.17) is 4.84 Å². The summed E-state index contributed by atoms with van der Waals surface area (Å²) in [5.74, 6) is -0.912. The Balaban J connectivity index is 1.95. The number of hydrogen-bond donors (Lipinski definition) is 1. The van der Waals surface area contributed by atoms with Crippen molar-refractivity contribution in [3.8, 4) is 0 Å². The number of rotatable bonds is 3. The Hall–Kier alpha value is -2.92. The van der Waals surface area contributed by atoms with Crippen molar-refractivity contribution in [2.75, 3.05) is 0 Å². The monoisotopic (exact) mass is 295 g/mol. The average molecular weight is 295 g/mol. The van der Waals surface area contributed by atoms with E-state index in [1.54, 1.807) is 54.6 Å². The molecule has 1 heterocycles. The zero-order valence-electron chi connectivity index (χ0n) is 11.5. The first-order valence-corrected chi connectivity index (χ1v) is 6.73. The molecule has 1 atom stereocenters. The van der Waals surface area contributed by atoms with Crippen molar-refractivity contribution >= 4 is 16.9 Å². The van der Waals surface area contributed by atoms with Crippen molar-refractivity contribution in [1.29, 1.82) is 0 Å². The molecule has 1 aromatic heterocycles. The van der Waals surface area contributed by atoms with E-state index in [0.29, 0.717) is 11.1 Å². The van der Waals surface area contributed by atoms with Crippen molar-refractivity contribution in [3.05, 3.63) is 82.6 Å². The molecule has 22 heavy (non-hydrogen) atoms. The number of para-hydroxylation sites is 1. The minimum Gasteiger partial charge on any atom is -0.377 e. The molecule has 0 spiro atoms. The summed E-state index contributed by atoms with van der Waals surface area (Å²) in [5, 5.41) is 10.8. The fraction of sp³-hybridized carbons (Fsp3) is 0.0588. The number of carbonyl (C=O) groups is 1. The molecule has 3 rings (SSSR count). The van der Waals surface area contributed by atoms with Crippen LogP contribution in [0.4, 0.5) is 0 Å². The minimum absolute atomic E-state index is 0.404. The molecule has 0 aliphatic carbocycles. The third kappa shape index (κ3) is 2.62. The molecule has 5 nitrogen and oxygen atoms in total. The first-order chi connectivity index (χ1) is 10.7. The Morgan fingerprint density at radius 3 is 2.41 bits per heavy atom. The molecule has 5 heteroatoms. The molecule has 0 fully saturated rings. The van der Waals surface area contributed by atoms with Gasteiger partial charge in [0.2, 0.25) is 0 Å². The Labute approximate surface area is 126 Å². The number of benzene rings is 2. The molecule has 0 unspecified atom stereocenters. The molecular weight excluding hydrogens is 282 g/mol. The topological polar surface area (TPSA) is 68.5 Å². The van der Waals surface area contributed by atoms with Crippen LogP contribution in [-0.2, 0) is 4.79 Å². The lowest BCUT2D eigenvalue weighted by Crippen LogP contribution is -2.33. The van der Waals surface area contributed by atoms with Crippen molar-refractivity contribution in [2.24, 2.45) is 0 Å². The van der Waals surface area contributed by atoms with E-state index in [-0.39, 0.29) is 0 Å². The Kier molecular flexibility index (Phi) is 3.72. The fourth-order valence-electron chi connectivity index (χ4n) is 2.17. The molecule has 0 bridgehead atoms. The lowest BCUT2D eigenvalue weighted by molar-refractivity contribution is -0.154. The molecule has 2 aromatic carbocycles. The quantitative estimate of drug-likeness (QED) is 0.798. The van der Waals surface area contributed by atoms with Gasteiger partial charge in [0.1, 0.15) is 0 Å². The minimum atomic E-state index is -1.45. The number of hydrogen-bond acceptors (Lipinski definition) is 4. The number of carbonyl (C=O) groups excluding carboxylic acids is 1. The SMILES string of the molecule is O=C(On1c(=O)ccc2ccccc21)[C@H](O)c1ccccc1. The highest BCUT2D eigenvalue weighted by molar-refractivity contribution is 5.81. The summed E-state index contributed by atoms with van der Waals surface area (Å²) in [7, 11) is 0. The predicted molar refractivity (Wildman–Crippen MR) is 81.2 cm³/mol. The van der Waals surface area contributed by atoms with Gasteiger partial charge in [-0.3, -0.25) is 4.79 Å². The Bertz CT molecular complexity index is 870. The highest BCUT2D eigenvalue weighted by Gasteiger charge is 2.21. The summed E-state index contributed by atoms with van der Waals surface area (Å²) in [5.41, 5.74) is 0.386. The van der Waals surface area contributed by atoms with Crippen LogP contribution in [0.2, 0.25) is 0 Å². The van der Waals surface area contributed by atoms with Crippen LogP contribution in [0.15, 0.2) is 71.5 Å². The van der Waals surface area contributed by atoms with Gasteiger partial charge in [0.25, 0.3) is 5.56 Å². The zero-order chi connectivity index (χ0) is 15.5. The van der Waals surface area contributed by atoms with E-state index in [0.717, 1.165) is 10.1 Å². The second-order valence-corrected chi connectivity index (χ2v) is 4.75. The molecular formula is C17H13NO4. The normalized spacial score (nSPS) is 12.0.